The summed E-state index contributed by atoms with van der Waals surface area (Å²) < 4.78 is 19.0. The Morgan fingerprint density at radius 3 is 2.69 bits per heavy atom. The van der Waals surface area contributed by atoms with Crippen LogP contribution >= 0.6 is 0 Å². The van der Waals surface area contributed by atoms with Crippen LogP contribution in [0.25, 0.3) is 0 Å². The van der Waals surface area contributed by atoms with Crippen LogP contribution in [0.5, 0.6) is 0 Å². The summed E-state index contributed by atoms with van der Waals surface area (Å²) in [6.45, 7) is 4.93. The number of aromatic nitrogens is 1. The molecule has 0 atom stereocenters. The van der Waals surface area contributed by atoms with Gasteiger partial charge in [0.05, 0.1) is 12.2 Å². The molecule has 2 rings (SSSR count). The van der Waals surface area contributed by atoms with Gasteiger partial charge in [-0.05, 0) is 25.0 Å². The maximum absolute atomic E-state index is 13.7. The molecule has 1 aromatic carbocycles. The van der Waals surface area contributed by atoms with Crippen LogP contribution in [-0.4, -0.2) is 34.9 Å². The zero-order chi connectivity index (χ0) is 18.9. The number of para-hydroxylation sites is 1. The predicted octanol–water partition coefficient (Wildman–Crippen LogP) is 3.40. The first-order valence-electron chi connectivity index (χ1n) is 8.58. The largest absolute Gasteiger partial charge is 0.446 e. The summed E-state index contributed by atoms with van der Waals surface area (Å²) in [5, 5.41) is 5.24. The summed E-state index contributed by atoms with van der Waals surface area (Å²) >= 11 is 0. The van der Waals surface area contributed by atoms with E-state index in [0.717, 1.165) is 6.42 Å². The molecule has 140 valence electrons. The maximum atomic E-state index is 13.7. The fourth-order valence-electron chi connectivity index (χ4n) is 2.26. The average molecular weight is 362 g/mol. The maximum Gasteiger partial charge on any atom is 0.322 e. The standard InChI is InChI=1S/C18H23FN4O3/c1-3-9-20-17(24)15-12-26-16(21-15)11-23(10-4-2)18(25)22-14-8-6-5-7-13(14)19/h5-8,12H,3-4,9-11H2,1-2H3,(H,20,24)(H,22,25). The number of amides is 3. The Balaban J connectivity index is 2.03. The van der Waals surface area contributed by atoms with Crippen LogP contribution in [-0.2, 0) is 6.54 Å². The van der Waals surface area contributed by atoms with Crippen LogP contribution in [0, 0.1) is 5.82 Å². The van der Waals surface area contributed by atoms with E-state index in [4.69, 9.17) is 4.42 Å². The molecule has 2 aromatic rings. The number of carbonyl (C=O) groups excluding carboxylic acids is 2. The van der Waals surface area contributed by atoms with E-state index in [0.29, 0.717) is 19.5 Å². The van der Waals surface area contributed by atoms with Gasteiger partial charge in [0.15, 0.2) is 5.69 Å². The van der Waals surface area contributed by atoms with Crippen molar-refractivity contribution in [2.24, 2.45) is 0 Å². The molecule has 0 aliphatic carbocycles. The highest BCUT2D eigenvalue weighted by Crippen LogP contribution is 2.14. The number of hydrogen-bond acceptors (Lipinski definition) is 4. The molecule has 26 heavy (non-hydrogen) atoms. The third kappa shape index (κ3) is 5.30. The normalized spacial score (nSPS) is 10.4. The molecule has 0 saturated heterocycles. The molecule has 8 heteroatoms. The van der Waals surface area contributed by atoms with E-state index in [2.05, 4.69) is 15.6 Å². The second-order valence-electron chi connectivity index (χ2n) is 5.71. The van der Waals surface area contributed by atoms with Gasteiger partial charge in [-0.1, -0.05) is 26.0 Å². The number of halogens is 1. The quantitative estimate of drug-likeness (QED) is 0.753. The summed E-state index contributed by atoms with van der Waals surface area (Å²) in [4.78, 5) is 29.9. The van der Waals surface area contributed by atoms with Crippen molar-refractivity contribution in [2.45, 2.75) is 33.2 Å². The van der Waals surface area contributed by atoms with E-state index < -0.39 is 11.8 Å². The number of nitrogens with zero attached hydrogens (tertiary/aromatic N) is 2. The number of nitrogens with one attached hydrogen (secondary N) is 2. The molecule has 0 unspecified atom stereocenters. The minimum Gasteiger partial charge on any atom is -0.446 e. The monoisotopic (exact) mass is 362 g/mol. The fraction of sp³-hybridized carbons (Fsp3) is 0.389. The Labute approximate surface area is 151 Å². The Bertz CT molecular complexity index is 748. The zero-order valence-corrected chi connectivity index (χ0v) is 14.9. The Morgan fingerprint density at radius 1 is 1.23 bits per heavy atom. The lowest BCUT2D eigenvalue weighted by Crippen LogP contribution is -2.35. The molecule has 0 aliphatic heterocycles. The molecule has 0 bridgehead atoms. The van der Waals surface area contributed by atoms with Crippen LogP contribution in [0.2, 0.25) is 0 Å². The van der Waals surface area contributed by atoms with Gasteiger partial charge in [0.25, 0.3) is 5.91 Å². The number of benzene rings is 1. The molecular formula is C18H23FN4O3. The van der Waals surface area contributed by atoms with Gasteiger partial charge < -0.3 is 20.0 Å². The summed E-state index contributed by atoms with van der Waals surface area (Å²) in [6.07, 6.45) is 2.78. The van der Waals surface area contributed by atoms with Crippen LogP contribution in [0.3, 0.4) is 0 Å². The second-order valence-corrected chi connectivity index (χ2v) is 5.71. The van der Waals surface area contributed by atoms with E-state index in [1.165, 1.54) is 23.3 Å². The molecule has 0 spiro atoms. The van der Waals surface area contributed by atoms with E-state index in [9.17, 15) is 14.0 Å². The molecule has 2 N–H and O–H groups in total. The van der Waals surface area contributed by atoms with Crippen LogP contribution in [0.15, 0.2) is 34.9 Å². The highest BCUT2D eigenvalue weighted by Gasteiger charge is 2.19. The van der Waals surface area contributed by atoms with E-state index in [-0.39, 0.29) is 29.7 Å². The molecule has 1 heterocycles. The fourth-order valence-corrected chi connectivity index (χ4v) is 2.26. The van der Waals surface area contributed by atoms with Gasteiger partial charge in [0.2, 0.25) is 5.89 Å². The van der Waals surface area contributed by atoms with Gasteiger partial charge in [-0.3, -0.25) is 4.79 Å². The first-order chi connectivity index (χ1) is 12.5. The first kappa shape index (κ1) is 19.4. The number of hydrogen-bond donors (Lipinski definition) is 2. The molecule has 1 aromatic heterocycles. The van der Waals surface area contributed by atoms with Crippen molar-refractivity contribution in [1.82, 2.24) is 15.2 Å². The number of oxazole rings is 1. The highest BCUT2D eigenvalue weighted by molar-refractivity contribution is 5.92. The van der Waals surface area contributed by atoms with Crippen LogP contribution < -0.4 is 10.6 Å². The predicted molar refractivity (Wildman–Crippen MR) is 95.2 cm³/mol. The summed E-state index contributed by atoms with van der Waals surface area (Å²) in [5.41, 5.74) is 0.269. The number of rotatable bonds is 8. The number of urea groups is 1. The van der Waals surface area contributed by atoms with Crippen molar-refractivity contribution < 1.29 is 18.4 Å². The van der Waals surface area contributed by atoms with Crippen LogP contribution in [0.4, 0.5) is 14.9 Å². The van der Waals surface area contributed by atoms with Crippen molar-refractivity contribution >= 4 is 17.6 Å². The van der Waals surface area contributed by atoms with E-state index in [1.54, 1.807) is 12.1 Å². The summed E-state index contributed by atoms with van der Waals surface area (Å²) in [6, 6.07) is 5.48. The van der Waals surface area contributed by atoms with Gasteiger partial charge in [-0.25, -0.2) is 14.2 Å². The van der Waals surface area contributed by atoms with Crippen molar-refractivity contribution in [3.8, 4) is 0 Å². The van der Waals surface area contributed by atoms with E-state index in [1.807, 2.05) is 13.8 Å². The van der Waals surface area contributed by atoms with E-state index >= 15 is 0 Å². The lowest BCUT2D eigenvalue weighted by atomic mass is 10.3. The highest BCUT2D eigenvalue weighted by atomic mass is 19.1. The third-order valence-electron chi connectivity index (χ3n) is 3.54. The van der Waals surface area contributed by atoms with Gasteiger partial charge >= 0.3 is 6.03 Å². The van der Waals surface area contributed by atoms with Crippen molar-refractivity contribution in [2.75, 3.05) is 18.4 Å². The van der Waals surface area contributed by atoms with Gasteiger partial charge in [-0.15, -0.1) is 0 Å². The molecular weight excluding hydrogens is 339 g/mol. The average Bonchev–Trinajstić information content (AvgIpc) is 3.10. The Hall–Kier alpha value is -2.90. The molecule has 0 fully saturated rings. The molecule has 3 amide bonds. The SMILES string of the molecule is CCCNC(=O)c1coc(CN(CCC)C(=O)Nc2ccccc2F)n1. The lowest BCUT2D eigenvalue weighted by Gasteiger charge is -2.21. The van der Waals surface area contributed by atoms with Crippen molar-refractivity contribution in [3.63, 3.8) is 0 Å². The minimum atomic E-state index is -0.511. The Kier molecular flexibility index (Phi) is 7.13. The summed E-state index contributed by atoms with van der Waals surface area (Å²) in [5.74, 6) is -0.591. The lowest BCUT2D eigenvalue weighted by molar-refractivity contribution is 0.0948. The molecule has 7 nitrogen and oxygen atoms in total. The first-order valence-corrected chi connectivity index (χ1v) is 8.58. The van der Waals surface area contributed by atoms with Crippen LogP contribution in [0.1, 0.15) is 43.1 Å². The molecule has 0 aliphatic rings. The third-order valence-corrected chi connectivity index (χ3v) is 3.54. The Morgan fingerprint density at radius 2 is 2.00 bits per heavy atom. The van der Waals surface area contributed by atoms with Crippen molar-refractivity contribution in [1.29, 1.82) is 0 Å². The van der Waals surface area contributed by atoms with Gasteiger partial charge in [0.1, 0.15) is 12.1 Å². The smallest absolute Gasteiger partial charge is 0.322 e. The van der Waals surface area contributed by atoms with Gasteiger partial charge in [-0.2, -0.15) is 0 Å². The number of anilines is 1. The summed E-state index contributed by atoms with van der Waals surface area (Å²) in [7, 11) is 0. The molecule has 0 saturated carbocycles. The van der Waals surface area contributed by atoms with Gasteiger partial charge in [0, 0.05) is 13.1 Å². The zero-order valence-electron chi connectivity index (χ0n) is 14.9. The molecule has 0 radical (unpaired) electrons. The minimum absolute atomic E-state index is 0.0786. The van der Waals surface area contributed by atoms with Crippen molar-refractivity contribution in [3.05, 3.63) is 47.9 Å². The number of carbonyl (C=O) groups is 2. The second kappa shape index (κ2) is 9.55. The topological polar surface area (TPSA) is 87.5 Å².